The molecule has 0 fully saturated rings. The van der Waals surface area contributed by atoms with E-state index in [0.29, 0.717) is 12.1 Å². The second-order valence-electron chi connectivity index (χ2n) is 12.8. The second kappa shape index (κ2) is 14.6. The van der Waals surface area contributed by atoms with Crippen LogP contribution in [0.4, 0.5) is 22.7 Å². The smallest absolute Gasteiger partial charge is 0.0715 e. The van der Waals surface area contributed by atoms with Gasteiger partial charge < -0.3 is 33.2 Å². The molecule has 5 aromatic carbocycles. The highest BCUT2D eigenvalue weighted by atomic mass is 14.8. The van der Waals surface area contributed by atoms with Gasteiger partial charge >= 0.3 is 0 Å². The molecule has 1 aliphatic carbocycles. The number of allylic oxidation sites excluding steroid dienone is 4. The van der Waals surface area contributed by atoms with Crippen molar-refractivity contribution >= 4 is 28.3 Å². The molecular formula is C45H43N7. The van der Waals surface area contributed by atoms with Gasteiger partial charge in [-0.1, -0.05) is 78.9 Å². The van der Waals surface area contributed by atoms with Crippen LogP contribution in [0.15, 0.2) is 151 Å². The highest BCUT2D eigenvalue weighted by molar-refractivity contribution is 5.85. The van der Waals surface area contributed by atoms with Crippen LogP contribution in [0.2, 0.25) is 0 Å². The molecule has 1 aromatic heterocycles. The van der Waals surface area contributed by atoms with Gasteiger partial charge in [-0.2, -0.15) is 0 Å². The van der Waals surface area contributed by atoms with Gasteiger partial charge in [0.15, 0.2) is 0 Å². The van der Waals surface area contributed by atoms with E-state index in [1.807, 2.05) is 51.5 Å². The molecule has 0 amide bonds. The number of nitrogen functional groups attached to an aromatic ring is 1. The third-order valence-corrected chi connectivity index (χ3v) is 9.64. The Bertz CT molecular complexity index is 2330. The topological polar surface area (TPSA) is 127 Å². The highest BCUT2D eigenvalue weighted by Crippen LogP contribution is 2.36. The van der Waals surface area contributed by atoms with E-state index in [-0.39, 0.29) is 0 Å². The molecular weight excluding hydrogens is 639 g/mol. The largest absolute Gasteiger partial charge is 0.399 e. The molecule has 0 atom stereocenters. The molecule has 52 heavy (non-hydrogen) atoms. The van der Waals surface area contributed by atoms with Gasteiger partial charge in [0.2, 0.25) is 0 Å². The molecule has 0 saturated carbocycles. The maximum Gasteiger partial charge on any atom is 0.0715 e. The first-order valence-corrected chi connectivity index (χ1v) is 17.4. The summed E-state index contributed by atoms with van der Waals surface area (Å²) >= 11 is 0. The summed E-state index contributed by atoms with van der Waals surface area (Å²) < 4.78 is 0. The lowest BCUT2D eigenvalue weighted by molar-refractivity contribution is 1.29. The number of hydrogen-bond acceptors (Lipinski definition) is 7. The number of hydrogen-bond donors (Lipinski definition) is 6. The van der Waals surface area contributed by atoms with Crippen molar-refractivity contribution in [2.45, 2.75) is 6.42 Å². The van der Waals surface area contributed by atoms with Gasteiger partial charge in [-0.05, 0) is 100 Å². The maximum absolute atomic E-state index is 6.41. The summed E-state index contributed by atoms with van der Waals surface area (Å²) in [6, 6.07) is 42.3. The average Bonchev–Trinajstić information content (AvgIpc) is 3.37. The Balaban J connectivity index is 1.29. The van der Waals surface area contributed by atoms with Crippen molar-refractivity contribution in [3.05, 3.63) is 157 Å². The number of nitrogens with one attached hydrogen (secondary N) is 3. The van der Waals surface area contributed by atoms with Gasteiger partial charge in [0.25, 0.3) is 0 Å². The van der Waals surface area contributed by atoms with Crippen LogP contribution in [-0.2, 0) is 0 Å². The number of rotatable bonds is 9. The summed E-state index contributed by atoms with van der Waals surface area (Å²) in [7, 11) is 5.79. The van der Waals surface area contributed by atoms with Crippen molar-refractivity contribution in [1.82, 2.24) is 4.98 Å². The minimum absolute atomic E-state index is 0.674. The van der Waals surface area contributed by atoms with Crippen LogP contribution in [0.3, 0.4) is 0 Å². The van der Waals surface area contributed by atoms with Crippen LogP contribution in [0.1, 0.15) is 12.0 Å². The fraction of sp³-hybridized carbons (Fsp3) is 0.0889. The molecule has 1 heterocycles. The van der Waals surface area contributed by atoms with Crippen LogP contribution in [0, 0.1) is 0 Å². The maximum atomic E-state index is 6.41. The molecule has 9 N–H and O–H groups in total. The predicted octanol–water partition coefficient (Wildman–Crippen LogP) is 9.60. The quantitative estimate of drug-likeness (QED) is 0.0839. The zero-order chi connectivity index (χ0) is 36.2. The number of pyridine rings is 1. The van der Waals surface area contributed by atoms with E-state index in [0.717, 1.165) is 95.5 Å². The van der Waals surface area contributed by atoms with Gasteiger partial charge in [0.05, 0.1) is 11.4 Å². The van der Waals surface area contributed by atoms with E-state index < -0.39 is 0 Å². The van der Waals surface area contributed by atoms with Crippen molar-refractivity contribution in [3.63, 3.8) is 0 Å². The van der Waals surface area contributed by atoms with E-state index >= 15 is 0 Å². The Hall–Kier alpha value is -6.73. The molecule has 7 heteroatoms. The fourth-order valence-electron chi connectivity index (χ4n) is 6.59. The van der Waals surface area contributed by atoms with Crippen LogP contribution < -0.4 is 33.2 Å². The zero-order valence-corrected chi connectivity index (χ0v) is 29.7. The normalized spacial score (nSPS) is 12.6. The van der Waals surface area contributed by atoms with Gasteiger partial charge in [-0.3, -0.25) is 0 Å². The van der Waals surface area contributed by atoms with Crippen molar-refractivity contribution in [2.24, 2.45) is 11.5 Å². The highest BCUT2D eigenvalue weighted by Gasteiger charge is 2.14. The molecule has 258 valence electrons. The summed E-state index contributed by atoms with van der Waals surface area (Å²) in [6.07, 6.45) is 6.39. The summed E-state index contributed by atoms with van der Waals surface area (Å²) in [6.45, 7) is 0. The lowest BCUT2D eigenvalue weighted by Gasteiger charge is -2.14. The molecule has 0 saturated heterocycles. The summed E-state index contributed by atoms with van der Waals surface area (Å²) in [5.74, 6) is 0. The van der Waals surface area contributed by atoms with E-state index in [1.165, 1.54) is 0 Å². The van der Waals surface area contributed by atoms with Gasteiger partial charge in [-0.25, -0.2) is 4.98 Å². The van der Waals surface area contributed by atoms with E-state index in [4.69, 9.17) is 22.2 Å². The Morgan fingerprint density at radius 2 is 1.00 bits per heavy atom. The first kappa shape index (κ1) is 33.8. The van der Waals surface area contributed by atoms with Gasteiger partial charge in [0, 0.05) is 77.5 Å². The predicted molar refractivity (Wildman–Crippen MR) is 222 cm³/mol. The summed E-state index contributed by atoms with van der Waals surface area (Å²) in [5.41, 5.74) is 36.5. The molecule has 0 spiro atoms. The van der Waals surface area contributed by atoms with Crippen molar-refractivity contribution < 1.29 is 0 Å². The fourth-order valence-corrected chi connectivity index (χ4v) is 6.59. The number of nitrogens with two attached hydrogens (primary N) is 3. The molecule has 0 bridgehead atoms. The third kappa shape index (κ3) is 6.98. The third-order valence-electron chi connectivity index (χ3n) is 9.64. The summed E-state index contributed by atoms with van der Waals surface area (Å²) in [5, 5.41) is 9.79. The first-order chi connectivity index (χ1) is 25.3. The van der Waals surface area contributed by atoms with Crippen molar-refractivity contribution in [1.29, 1.82) is 0 Å². The molecule has 0 radical (unpaired) electrons. The Morgan fingerprint density at radius 3 is 1.60 bits per heavy atom. The van der Waals surface area contributed by atoms with Crippen LogP contribution >= 0.6 is 0 Å². The lowest BCUT2D eigenvalue weighted by atomic mass is 9.95. The van der Waals surface area contributed by atoms with Crippen molar-refractivity contribution in [2.75, 3.05) is 42.8 Å². The van der Waals surface area contributed by atoms with Crippen LogP contribution in [-0.4, -0.2) is 26.1 Å². The van der Waals surface area contributed by atoms with Crippen molar-refractivity contribution in [3.8, 4) is 55.9 Å². The number of aromatic nitrogens is 1. The molecule has 6 aromatic rings. The monoisotopic (exact) mass is 681 g/mol. The van der Waals surface area contributed by atoms with Crippen LogP contribution in [0.5, 0.6) is 0 Å². The van der Waals surface area contributed by atoms with Gasteiger partial charge in [-0.15, -0.1) is 0 Å². The summed E-state index contributed by atoms with van der Waals surface area (Å²) in [4.78, 5) is 5.22. The Kier molecular flexibility index (Phi) is 9.50. The van der Waals surface area contributed by atoms with E-state index in [9.17, 15) is 0 Å². The van der Waals surface area contributed by atoms with E-state index in [2.05, 4.69) is 125 Å². The molecule has 7 nitrogen and oxygen atoms in total. The van der Waals surface area contributed by atoms with Gasteiger partial charge in [0.1, 0.15) is 0 Å². The molecule has 0 aliphatic heterocycles. The Labute approximate surface area is 305 Å². The first-order valence-electron chi connectivity index (χ1n) is 17.4. The standard InChI is InChI=1S/C45H43N7/c1-49-36-18-22-42(48)39(26-36)30-6-4-28(5-7-30)34-24-44(32-12-8-29(9-13-32)38-20-16-35(46)17-21-41(38)47)52-45(25-34)33-14-10-31(11-15-33)40-27-37(50-2)19-23-43(40)51-3/h4-19,21-27,49-51H,20,46-48H2,1-3H3. The number of benzene rings is 5. The minimum atomic E-state index is 0.674. The molecule has 1 aliphatic rings. The zero-order valence-electron chi connectivity index (χ0n) is 29.7. The Morgan fingerprint density at radius 1 is 0.481 bits per heavy atom. The SMILES string of the molecule is CNc1ccc(N)c(-c2ccc(-c3cc(-c4ccc(C5=C(N)C=CC(N)=CC5)cc4)nc(-c4ccc(-c5cc(NC)ccc5NC)cc4)c3)cc2)c1. The average molecular weight is 682 g/mol. The number of nitrogens with zero attached hydrogens (tertiary/aromatic N) is 1. The number of anilines is 4. The minimum Gasteiger partial charge on any atom is -0.399 e. The van der Waals surface area contributed by atoms with Crippen LogP contribution in [0.25, 0.3) is 61.5 Å². The lowest BCUT2D eigenvalue weighted by Crippen LogP contribution is -1.98. The molecule has 0 unspecified atom stereocenters. The second-order valence-corrected chi connectivity index (χ2v) is 12.8. The van der Waals surface area contributed by atoms with E-state index in [1.54, 1.807) is 0 Å². The molecule has 7 rings (SSSR count).